The number of anilines is 1. The van der Waals surface area contributed by atoms with Gasteiger partial charge in [-0.3, -0.25) is 14.5 Å². The van der Waals surface area contributed by atoms with E-state index in [1.807, 2.05) is 0 Å². The molecule has 1 aromatic heterocycles. The second-order valence-corrected chi connectivity index (χ2v) is 7.88. The number of rotatable bonds is 6. The molecule has 2 N–H and O–H groups in total. The fourth-order valence-corrected chi connectivity index (χ4v) is 3.43. The van der Waals surface area contributed by atoms with E-state index in [0.29, 0.717) is 27.9 Å². The first-order valence-corrected chi connectivity index (χ1v) is 10.2. The Hall–Kier alpha value is -3.98. The van der Waals surface area contributed by atoms with Crippen molar-refractivity contribution in [1.29, 1.82) is 0 Å². The third-order valence-electron chi connectivity index (χ3n) is 5.05. The summed E-state index contributed by atoms with van der Waals surface area (Å²) in [6.45, 7) is 1.01. The maximum absolute atomic E-state index is 13.2. The zero-order chi connectivity index (χ0) is 23.6. The van der Waals surface area contributed by atoms with E-state index in [9.17, 15) is 18.8 Å². The molecule has 0 bridgehead atoms. The van der Waals surface area contributed by atoms with Crippen molar-refractivity contribution in [3.8, 4) is 11.6 Å². The van der Waals surface area contributed by atoms with Crippen LogP contribution in [0.5, 0.6) is 11.6 Å². The zero-order valence-electron chi connectivity index (χ0n) is 17.3. The van der Waals surface area contributed by atoms with Crippen LogP contribution in [0.4, 0.5) is 14.9 Å². The Balaban J connectivity index is 1.38. The van der Waals surface area contributed by atoms with E-state index < -0.39 is 35.7 Å². The lowest BCUT2D eigenvalue weighted by atomic mass is 9.92. The van der Waals surface area contributed by atoms with Crippen molar-refractivity contribution in [1.82, 2.24) is 15.2 Å². The summed E-state index contributed by atoms with van der Waals surface area (Å²) in [6.07, 6.45) is 1.39. The smallest absolute Gasteiger partial charge is 0.325 e. The number of aromatic nitrogens is 1. The molecule has 8 nitrogen and oxygen atoms in total. The Morgan fingerprint density at radius 1 is 1.12 bits per heavy atom. The minimum Gasteiger partial charge on any atom is -0.439 e. The molecular weight excluding hydrogens is 451 g/mol. The second-order valence-electron chi connectivity index (χ2n) is 7.44. The summed E-state index contributed by atoms with van der Waals surface area (Å²) in [4.78, 5) is 42.6. The average Bonchev–Trinajstić information content (AvgIpc) is 3.01. The number of nitrogens with one attached hydrogen (secondary N) is 2. The lowest BCUT2D eigenvalue weighted by Gasteiger charge is -2.22. The van der Waals surface area contributed by atoms with Gasteiger partial charge in [0.25, 0.3) is 5.91 Å². The van der Waals surface area contributed by atoms with E-state index in [1.165, 1.54) is 37.4 Å². The molecule has 1 aliphatic heterocycles. The molecule has 10 heteroatoms. The Kier molecular flexibility index (Phi) is 5.97. The predicted molar refractivity (Wildman–Crippen MR) is 118 cm³/mol. The summed E-state index contributed by atoms with van der Waals surface area (Å²) < 4.78 is 18.8. The van der Waals surface area contributed by atoms with Gasteiger partial charge in [0.15, 0.2) is 0 Å². The second kappa shape index (κ2) is 8.87. The highest BCUT2D eigenvalue weighted by atomic mass is 35.5. The average molecular weight is 469 g/mol. The van der Waals surface area contributed by atoms with E-state index in [0.717, 1.165) is 4.90 Å². The van der Waals surface area contributed by atoms with Crippen LogP contribution in [0.3, 0.4) is 0 Å². The first-order valence-electron chi connectivity index (χ1n) is 9.84. The van der Waals surface area contributed by atoms with Crippen LogP contribution < -0.4 is 15.4 Å². The summed E-state index contributed by atoms with van der Waals surface area (Å²) in [6, 6.07) is 14.4. The summed E-state index contributed by atoms with van der Waals surface area (Å²) in [5.74, 6) is -0.811. The van der Waals surface area contributed by atoms with Crippen molar-refractivity contribution in [2.75, 3.05) is 11.9 Å². The van der Waals surface area contributed by atoms with Crippen LogP contribution in [0.25, 0.3) is 0 Å². The Morgan fingerprint density at radius 3 is 2.45 bits per heavy atom. The number of benzene rings is 2. The molecule has 1 saturated heterocycles. The monoisotopic (exact) mass is 468 g/mol. The Labute approximate surface area is 193 Å². The minimum absolute atomic E-state index is 0.305. The van der Waals surface area contributed by atoms with Crippen LogP contribution in [-0.4, -0.2) is 34.3 Å². The molecule has 0 aliphatic carbocycles. The number of halogens is 2. The number of hydrogen-bond donors (Lipinski definition) is 2. The number of urea groups is 1. The van der Waals surface area contributed by atoms with Gasteiger partial charge in [-0.1, -0.05) is 23.7 Å². The largest absolute Gasteiger partial charge is 0.439 e. The summed E-state index contributed by atoms with van der Waals surface area (Å²) in [5.41, 5.74) is -0.629. The van der Waals surface area contributed by atoms with Gasteiger partial charge in [-0.15, -0.1) is 0 Å². The summed E-state index contributed by atoms with van der Waals surface area (Å²) in [7, 11) is 0. The number of hydrogen-bond acceptors (Lipinski definition) is 5. The maximum atomic E-state index is 13.2. The number of carbonyl (C=O) groups is 3. The Bertz CT molecular complexity index is 1200. The number of amides is 4. The highest BCUT2D eigenvalue weighted by Crippen LogP contribution is 2.29. The first-order chi connectivity index (χ1) is 15.7. The number of imide groups is 1. The standard InChI is InChI=1S/C23H18ClFN4O4/c1-23(14-2-6-16(25)7-3-14)21(31)29(22(32)28-23)13-19(30)27-17-8-11-20(26-12-17)33-18-9-4-15(24)5-10-18/h2-12H,13H2,1H3,(H,27,30)(H,28,32). The summed E-state index contributed by atoms with van der Waals surface area (Å²) in [5, 5.41) is 5.73. The topological polar surface area (TPSA) is 101 Å². The van der Waals surface area contributed by atoms with Crippen molar-refractivity contribution < 1.29 is 23.5 Å². The molecule has 0 saturated carbocycles. The minimum atomic E-state index is -1.40. The molecule has 2 aromatic carbocycles. The SMILES string of the molecule is CC1(c2ccc(F)cc2)NC(=O)N(CC(=O)Nc2ccc(Oc3ccc(Cl)cc3)nc2)C1=O. The van der Waals surface area contributed by atoms with Crippen LogP contribution in [0, 0.1) is 5.82 Å². The molecular formula is C23H18ClFN4O4. The number of ether oxygens (including phenoxy) is 1. The molecule has 33 heavy (non-hydrogen) atoms. The first kappa shape index (κ1) is 22.2. The van der Waals surface area contributed by atoms with Crippen LogP contribution >= 0.6 is 11.6 Å². The Morgan fingerprint density at radius 2 is 1.82 bits per heavy atom. The third kappa shape index (κ3) is 4.78. The molecule has 1 unspecified atom stereocenters. The molecule has 0 radical (unpaired) electrons. The quantitative estimate of drug-likeness (QED) is 0.531. The molecule has 1 fully saturated rings. The van der Waals surface area contributed by atoms with Crippen molar-refractivity contribution in [2.45, 2.75) is 12.5 Å². The van der Waals surface area contributed by atoms with Gasteiger partial charge in [-0.25, -0.2) is 14.2 Å². The van der Waals surface area contributed by atoms with Gasteiger partial charge < -0.3 is 15.4 Å². The van der Waals surface area contributed by atoms with Crippen LogP contribution in [-0.2, 0) is 15.1 Å². The predicted octanol–water partition coefficient (Wildman–Crippen LogP) is 4.07. The normalized spacial score (nSPS) is 17.6. The van der Waals surface area contributed by atoms with Crippen LogP contribution in [0.15, 0.2) is 66.9 Å². The van der Waals surface area contributed by atoms with Gasteiger partial charge in [-0.05, 0) is 55.0 Å². The van der Waals surface area contributed by atoms with Crippen molar-refractivity contribution in [3.05, 3.63) is 83.3 Å². The van der Waals surface area contributed by atoms with Gasteiger partial charge in [0.2, 0.25) is 11.8 Å². The molecule has 1 atom stereocenters. The summed E-state index contributed by atoms with van der Waals surface area (Å²) >= 11 is 5.84. The molecule has 0 spiro atoms. The lowest BCUT2D eigenvalue weighted by Crippen LogP contribution is -2.42. The molecule has 4 amide bonds. The van der Waals surface area contributed by atoms with Crippen molar-refractivity contribution in [3.63, 3.8) is 0 Å². The van der Waals surface area contributed by atoms with Crippen molar-refractivity contribution >= 4 is 35.1 Å². The number of carbonyl (C=O) groups excluding carboxylic acids is 3. The van der Waals surface area contributed by atoms with E-state index in [4.69, 9.17) is 16.3 Å². The van der Waals surface area contributed by atoms with Gasteiger partial charge in [0, 0.05) is 11.1 Å². The zero-order valence-corrected chi connectivity index (χ0v) is 18.1. The van der Waals surface area contributed by atoms with E-state index in [1.54, 1.807) is 36.4 Å². The van der Waals surface area contributed by atoms with E-state index in [-0.39, 0.29) is 0 Å². The molecule has 3 aromatic rings. The van der Waals surface area contributed by atoms with E-state index in [2.05, 4.69) is 15.6 Å². The fourth-order valence-electron chi connectivity index (χ4n) is 3.30. The lowest BCUT2D eigenvalue weighted by molar-refractivity contribution is -0.133. The highest BCUT2D eigenvalue weighted by molar-refractivity contribution is 6.30. The molecule has 2 heterocycles. The number of pyridine rings is 1. The third-order valence-corrected chi connectivity index (χ3v) is 5.31. The van der Waals surface area contributed by atoms with Crippen LogP contribution in [0.1, 0.15) is 12.5 Å². The molecule has 168 valence electrons. The van der Waals surface area contributed by atoms with E-state index >= 15 is 0 Å². The van der Waals surface area contributed by atoms with Crippen molar-refractivity contribution in [2.24, 2.45) is 0 Å². The molecule has 1 aliphatic rings. The van der Waals surface area contributed by atoms with Crippen LogP contribution in [0.2, 0.25) is 5.02 Å². The van der Waals surface area contributed by atoms with Gasteiger partial charge in [-0.2, -0.15) is 0 Å². The number of nitrogens with zero attached hydrogens (tertiary/aromatic N) is 2. The molecule has 4 rings (SSSR count). The maximum Gasteiger partial charge on any atom is 0.325 e. The van der Waals surface area contributed by atoms with Gasteiger partial charge in [0.05, 0.1) is 11.9 Å². The van der Waals surface area contributed by atoms with Gasteiger partial charge >= 0.3 is 6.03 Å². The fraction of sp³-hybridized carbons (Fsp3) is 0.130. The highest BCUT2D eigenvalue weighted by Gasteiger charge is 2.49. The van der Waals surface area contributed by atoms with Gasteiger partial charge in [0.1, 0.15) is 23.7 Å².